The Hall–Kier alpha value is -4.20. The minimum absolute atomic E-state index is 0.0847. The average Bonchev–Trinajstić information content (AvgIpc) is 3.55. The Morgan fingerprint density at radius 3 is 2.49 bits per heavy atom. The van der Waals surface area contributed by atoms with Crippen LogP contribution >= 0.6 is 11.3 Å². The molecule has 0 aliphatic carbocycles. The Morgan fingerprint density at radius 2 is 1.87 bits per heavy atom. The zero-order valence-corrected chi connectivity index (χ0v) is 28.4. The summed E-state index contributed by atoms with van der Waals surface area (Å²) in [6, 6.07) is 9.57. The third-order valence-corrected chi connectivity index (χ3v) is 8.47. The van der Waals surface area contributed by atoms with E-state index in [0.717, 1.165) is 46.6 Å². The van der Waals surface area contributed by atoms with Gasteiger partial charge in [0.05, 0.1) is 28.7 Å². The van der Waals surface area contributed by atoms with Crippen molar-refractivity contribution in [3.63, 3.8) is 0 Å². The highest BCUT2D eigenvalue weighted by Gasteiger charge is 2.27. The van der Waals surface area contributed by atoms with Gasteiger partial charge in [-0.05, 0) is 62.4 Å². The summed E-state index contributed by atoms with van der Waals surface area (Å²) in [6.45, 7) is 12.5. The van der Waals surface area contributed by atoms with Gasteiger partial charge in [-0.25, -0.2) is 9.78 Å². The van der Waals surface area contributed by atoms with Gasteiger partial charge < -0.3 is 25.1 Å². The number of hydrogen-bond donors (Lipinski definition) is 2. The first-order chi connectivity index (χ1) is 21.2. The first-order valence-corrected chi connectivity index (χ1v) is 15.7. The van der Waals surface area contributed by atoms with Crippen LogP contribution in [0.3, 0.4) is 0 Å². The summed E-state index contributed by atoms with van der Waals surface area (Å²) in [4.78, 5) is 33.9. The third kappa shape index (κ3) is 8.71. The van der Waals surface area contributed by atoms with Crippen LogP contribution in [0, 0.1) is 18.3 Å². The number of primary amides is 1. The van der Waals surface area contributed by atoms with Crippen LogP contribution in [0.1, 0.15) is 64.2 Å². The quantitative estimate of drug-likeness (QED) is 0.179. The molecule has 4 aromatic rings. The number of benzene rings is 1. The minimum atomic E-state index is -0.934. The van der Waals surface area contributed by atoms with Crippen molar-refractivity contribution in [1.29, 1.82) is 0 Å². The fraction of sp³-hybridized carbons (Fsp3) is 0.429. The number of methoxy groups -OCH3 is 1. The van der Waals surface area contributed by atoms with E-state index in [0.29, 0.717) is 11.6 Å². The van der Waals surface area contributed by atoms with E-state index in [2.05, 4.69) is 79.8 Å². The van der Waals surface area contributed by atoms with Gasteiger partial charge in [0.2, 0.25) is 5.91 Å². The number of ether oxygens (including phenoxy) is 2. The summed E-state index contributed by atoms with van der Waals surface area (Å²) in [5.74, 6) is -0.646. The lowest BCUT2D eigenvalue weighted by molar-refractivity contribution is -0.120. The summed E-state index contributed by atoms with van der Waals surface area (Å²) < 4.78 is 13.0. The summed E-state index contributed by atoms with van der Waals surface area (Å²) >= 11 is 1.43. The van der Waals surface area contributed by atoms with Gasteiger partial charge in [0.25, 0.3) is 0 Å². The fourth-order valence-electron chi connectivity index (χ4n) is 5.10. The maximum absolute atomic E-state index is 12.3. The lowest BCUT2D eigenvalue weighted by Gasteiger charge is -2.24. The molecule has 0 spiro atoms. The lowest BCUT2D eigenvalue weighted by atomic mass is 9.81. The number of rotatable bonds is 11. The Labute approximate surface area is 270 Å². The molecule has 1 atom stereocenters. The molecule has 3 aromatic heterocycles. The first-order valence-electron chi connectivity index (χ1n) is 14.8. The minimum Gasteiger partial charge on any atom is -0.444 e. The predicted octanol–water partition coefficient (Wildman–Crippen LogP) is 6.66. The molecule has 9 nitrogen and oxygen atoms in total. The van der Waals surface area contributed by atoms with Gasteiger partial charge >= 0.3 is 6.09 Å². The molecule has 1 aromatic carbocycles. The molecule has 0 saturated heterocycles. The van der Waals surface area contributed by atoms with E-state index in [1.165, 1.54) is 22.3 Å². The van der Waals surface area contributed by atoms with Gasteiger partial charge in [-0.2, -0.15) is 0 Å². The Kier molecular flexibility index (Phi) is 11.5. The van der Waals surface area contributed by atoms with Gasteiger partial charge in [0.1, 0.15) is 11.6 Å². The molecule has 1 unspecified atom stereocenters. The molecule has 0 fully saturated rings. The molecule has 45 heavy (non-hydrogen) atoms. The molecule has 0 aliphatic heterocycles. The van der Waals surface area contributed by atoms with Crippen molar-refractivity contribution in [3.05, 3.63) is 58.2 Å². The van der Waals surface area contributed by atoms with Crippen molar-refractivity contribution in [3.8, 4) is 35.4 Å². The highest BCUT2D eigenvalue weighted by molar-refractivity contribution is 7.10. The molecule has 3 heterocycles. The molecule has 4 rings (SSSR count). The summed E-state index contributed by atoms with van der Waals surface area (Å²) in [5.41, 5.74) is 12.3. The van der Waals surface area contributed by atoms with Crippen molar-refractivity contribution in [1.82, 2.24) is 19.9 Å². The van der Waals surface area contributed by atoms with Crippen molar-refractivity contribution >= 4 is 34.2 Å². The van der Waals surface area contributed by atoms with Gasteiger partial charge in [-0.1, -0.05) is 33.3 Å². The van der Waals surface area contributed by atoms with E-state index in [1.807, 2.05) is 11.4 Å². The largest absolute Gasteiger partial charge is 0.444 e. The number of hydrogen-bond acceptors (Lipinski definition) is 7. The number of fused-ring (bicyclic) bond motifs is 1. The van der Waals surface area contributed by atoms with Crippen LogP contribution in [0.25, 0.3) is 33.4 Å². The standard InChI is InChI=1S/C33H43N5O4S.C2H2/c1-9-33(5,6)17-23-22-15-20(12-13-27(22)38(7)29(23)21-11-10-14-35-25(21)18-41-8)26-19-43-28(36-26)16-24(30(34)39)37-31(40)42-32(2,3)4;1-2/h10-15,19,24H,9,16-18H2,1-8H3,(H2,34,39)(H,37,40);1-2H. The van der Waals surface area contributed by atoms with E-state index >= 15 is 0 Å². The Bertz CT molecular complexity index is 1660. The van der Waals surface area contributed by atoms with Crippen LogP contribution in [0.2, 0.25) is 0 Å². The van der Waals surface area contributed by atoms with Crippen LogP contribution in [-0.2, 0) is 40.8 Å². The van der Waals surface area contributed by atoms with Crippen molar-refractivity contribution in [2.45, 2.75) is 79.1 Å². The second kappa shape index (κ2) is 14.7. The van der Waals surface area contributed by atoms with E-state index in [-0.39, 0.29) is 11.8 Å². The van der Waals surface area contributed by atoms with Crippen molar-refractivity contribution in [2.24, 2.45) is 18.2 Å². The number of carbonyl (C=O) groups excluding carboxylic acids is 2. The van der Waals surface area contributed by atoms with Crippen molar-refractivity contribution in [2.75, 3.05) is 7.11 Å². The molecule has 3 N–H and O–H groups in total. The second-order valence-corrected chi connectivity index (χ2v) is 13.6. The second-order valence-electron chi connectivity index (χ2n) is 12.7. The molecule has 0 aliphatic rings. The molecular formula is C35H45N5O4S. The predicted molar refractivity (Wildman–Crippen MR) is 182 cm³/mol. The zero-order chi connectivity index (χ0) is 33.5. The molecular weight excluding hydrogens is 586 g/mol. The van der Waals surface area contributed by atoms with Gasteiger partial charge in [0, 0.05) is 54.2 Å². The molecule has 10 heteroatoms. The zero-order valence-electron chi connectivity index (χ0n) is 27.6. The average molecular weight is 632 g/mol. The van der Waals surface area contributed by atoms with E-state index < -0.39 is 23.6 Å². The first kappa shape index (κ1) is 35.3. The molecule has 0 bridgehead atoms. The number of terminal acetylenes is 1. The van der Waals surface area contributed by atoms with Crippen LogP contribution in [0.4, 0.5) is 4.79 Å². The summed E-state index contributed by atoms with van der Waals surface area (Å²) in [5, 5.41) is 6.41. The number of pyridine rings is 1. The molecule has 0 radical (unpaired) electrons. The number of aromatic nitrogens is 3. The normalized spacial score (nSPS) is 12.3. The van der Waals surface area contributed by atoms with E-state index in [9.17, 15) is 9.59 Å². The SMILES string of the molecule is C#C.CCC(C)(C)Cc1c(-c2cccnc2COC)n(C)c2ccc(-c3csc(CC(NC(=O)OC(C)(C)C)C(N)=O)n3)cc12. The number of aryl methyl sites for hydroxylation is 1. The monoisotopic (exact) mass is 631 g/mol. The lowest BCUT2D eigenvalue weighted by Crippen LogP contribution is -2.47. The van der Waals surface area contributed by atoms with Crippen LogP contribution in [0.5, 0.6) is 0 Å². The number of thiazole rings is 1. The number of amides is 2. The number of alkyl carbamates (subject to hydrolysis) is 1. The molecule has 0 saturated carbocycles. The van der Waals surface area contributed by atoms with Crippen LogP contribution in [0.15, 0.2) is 41.9 Å². The molecule has 2 amide bonds. The fourth-order valence-corrected chi connectivity index (χ4v) is 5.95. The number of carbonyl (C=O) groups is 2. The Balaban J connectivity index is 0.00000271. The van der Waals surface area contributed by atoms with E-state index in [1.54, 1.807) is 34.1 Å². The molecule has 240 valence electrons. The topological polar surface area (TPSA) is 121 Å². The highest BCUT2D eigenvalue weighted by Crippen LogP contribution is 2.40. The number of nitrogens with two attached hydrogens (primary N) is 1. The number of nitrogens with zero attached hydrogens (tertiary/aromatic N) is 3. The maximum atomic E-state index is 12.3. The van der Waals surface area contributed by atoms with Gasteiger partial charge in [-0.15, -0.1) is 24.2 Å². The van der Waals surface area contributed by atoms with Crippen LogP contribution < -0.4 is 11.1 Å². The smallest absolute Gasteiger partial charge is 0.408 e. The van der Waals surface area contributed by atoms with Crippen LogP contribution in [-0.4, -0.2) is 45.3 Å². The Morgan fingerprint density at radius 1 is 1.16 bits per heavy atom. The summed E-state index contributed by atoms with van der Waals surface area (Å²) in [6.07, 6.45) is 11.2. The number of nitrogens with one attached hydrogen (secondary N) is 1. The van der Waals surface area contributed by atoms with E-state index in [4.69, 9.17) is 20.2 Å². The highest BCUT2D eigenvalue weighted by atomic mass is 32.1. The van der Waals surface area contributed by atoms with Gasteiger partial charge in [-0.3, -0.25) is 9.78 Å². The maximum Gasteiger partial charge on any atom is 0.408 e. The van der Waals surface area contributed by atoms with Gasteiger partial charge in [0.15, 0.2) is 0 Å². The van der Waals surface area contributed by atoms with Crippen molar-refractivity contribution < 1.29 is 19.1 Å². The summed E-state index contributed by atoms with van der Waals surface area (Å²) in [7, 11) is 3.79. The third-order valence-electron chi connectivity index (χ3n) is 7.60.